The second-order valence-electron chi connectivity index (χ2n) is 10.6. The Morgan fingerprint density at radius 1 is 1.10 bits per heavy atom. The van der Waals surface area contributed by atoms with Crippen LogP contribution in [0.25, 0.3) is 0 Å². The molecule has 0 saturated carbocycles. The summed E-state index contributed by atoms with van der Waals surface area (Å²) in [5.41, 5.74) is -0.970. The second-order valence-corrected chi connectivity index (χ2v) is 10.6. The van der Waals surface area contributed by atoms with E-state index in [0.717, 1.165) is 5.56 Å². The molecule has 0 radical (unpaired) electrons. The lowest BCUT2D eigenvalue weighted by Crippen LogP contribution is -2.56. The van der Waals surface area contributed by atoms with Crippen LogP contribution in [0.1, 0.15) is 55.6 Å². The molecule has 0 aliphatic carbocycles. The van der Waals surface area contributed by atoms with E-state index < -0.39 is 60.8 Å². The van der Waals surface area contributed by atoms with Gasteiger partial charge in [-0.3, -0.25) is 29.0 Å². The summed E-state index contributed by atoms with van der Waals surface area (Å²) in [6.07, 6.45) is 3.45. The van der Waals surface area contributed by atoms with Crippen LogP contribution in [0.4, 0.5) is 0 Å². The van der Waals surface area contributed by atoms with Gasteiger partial charge in [0.05, 0.1) is 25.1 Å². The number of carbonyl (C=O) groups excluding carboxylic acids is 5. The number of amides is 2. The number of nitrogens with zero attached hydrogens (tertiary/aromatic N) is 2. The van der Waals surface area contributed by atoms with Crippen LogP contribution < -0.4 is 10.6 Å². The molecule has 212 valence electrons. The summed E-state index contributed by atoms with van der Waals surface area (Å²) in [6, 6.07) is 8.18. The first kappa shape index (κ1) is 28.9. The van der Waals surface area contributed by atoms with Crippen molar-refractivity contribution in [2.45, 2.75) is 63.4 Å². The third kappa shape index (κ3) is 6.36. The highest BCUT2D eigenvalue weighted by atomic mass is 16.8. The van der Waals surface area contributed by atoms with Gasteiger partial charge in [-0.1, -0.05) is 56.4 Å². The molecule has 13 heteroatoms. The Morgan fingerprint density at radius 2 is 1.85 bits per heavy atom. The number of carbonyl (C=O) groups is 5. The van der Waals surface area contributed by atoms with E-state index in [-0.39, 0.29) is 30.2 Å². The summed E-state index contributed by atoms with van der Waals surface area (Å²) in [5, 5.41) is 5.18. The van der Waals surface area contributed by atoms with Gasteiger partial charge in [-0.15, -0.1) is 0 Å². The van der Waals surface area contributed by atoms with Gasteiger partial charge < -0.3 is 24.6 Å². The molecule has 2 N–H and O–H groups in total. The second kappa shape index (κ2) is 11.9. The fourth-order valence-electron chi connectivity index (χ4n) is 5.22. The molecule has 40 heavy (non-hydrogen) atoms. The summed E-state index contributed by atoms with van der Waals surface area (Å²) in [7, 11) is 1.40. The van der Waals surface area contributed by atoms with E-state index in [1.165, 1.54) is 25.6 Å². The predicted molar refractivity (Wildman–Crippen MR) is 141 cm³/mol. The number of ketones is 1. The average Bonchev–Trinajstić information content (AvgIpc) is 3.13. The normalized spacial score (nSPS) is 23.1. The lowest BCUT2D eigenvalue weighted by molar-refractivity contribution is -0.156. The number of benzene rings is 1. The van der Waals surface area contributed by atoms with Gasteiger partial charge in [0.2, 0.25) is 5.91 Å². The summed E-state index contributed by atoms with van der Waals surface area (Å²) < 4.78 is 17.3. The molecule has 2 aliphatic heterocycles. The monoisotopic (exact) mass is 551 g/mol. The first-order chi connectivity index (χ1) is 19.1. The molecule has 2 bridgehead atoms. The fraction of sp³-hybridized carbons (Fsp3) is 0.444. The highest BCUT2D eigenvalue weighted by Gasteiger charge is 2.64. The van der Waals surface area contributed by atoms with Crippen molar-refractivity contribution in [2.24, 2.45) is 5.92 Å². The van der Waals surface area contributed by atoms with Gasteiger partial charge in [0, 0.05) is 19.4 Å². The molecule has 2 fully saturated rings. The Balaban J connectivity index is 1.62. The maximum atomic E-state index is 13.8. The van der Waals surface area contributed by atoms with Crippen LogP contribution >= 0.6 is 0 Å². The molecule has 2 saturated heterocycles. The van der Waals surface area contributed by atoms with Crippen molar-refractivity contribution in [2.75, 3.05) is 7.05 Å². The molecule has 1 aromatic carbocycles. The molecule has 4 atom stereocenters. The topological polar surface area (TPSA) is 163 Å². The van der Waals surface area contributed by atoms with Crippen molar-refractivity contribution in [1.29, 1.82) is 0 Å². The number of nitrogens with one attached hydrogen (secondary N) is 2. The Hall–Kier alpha value is -4.13. The molecule has 2 aromatic rings. The lowest BCUT2D eigenvalue weighted by atomic mass is 9.57. The van der Waals surface area contributed by atoms with E-state index >= 15 is 0 Å². The summed E-state index contributed by atoms with van der Waals surface area (Å²) in [6.45, 7) is 0.770. The molecule has 3 heterocycles. The van der Waals surface area contributed by atoms with E-state index in [2.05, 4.69) is 20.6 Å². The minimum absolute atomic E-state index is 0.00678. The zero-order valence-electron chi connectivity index (χ0n) is 22.6. The molecule has 1 aromatic heterocycles. The zero-order chi connectivity index (χ0) is 28.9. The third-order valence-corrected chi connectivity index (χ3v) is 7.07. The van der Waals surface area contributed by atoms with Crippen LogP contribution in [-0.2, 0) is 39.6 Å². The summed E-state index contributed by atoms with van der Waals surface area (Å²) in [5.74, 6) is -3.95. The van der Waals surface area contributed by atoms with E-state index in [1.54, 1.807) is 0 Å². The van der Waals surface area contributed by atoms with Crippen molar-refractivity contribution < 1.29 is 37.9 Å². The highest BCUT2D eigenvalue weighted by molar-refractivity contribution is 6.68. The van der Waals surface area contributed by atoms with Crippen LogP contribution in [0.3, 0.4) is 0 Å². The zero-order valence-corrected chi connectivity index (χ0v) is 22.6. The Kier molecular flexibility index (Phi) is 8.62. The average molecular weight is 551 g/mol. The molecule has 4 rings (SSSR count). The van der Waals surface area contributed by atoms with E-state index in [1.807, 2.05) is 44.2 Å². The first-order valence-corrected chi connectivity index (χ1v) is 13.2. The molecule has 2 unspecified atom stereocenters. The fourth-order valence-corrected chi connectivity index (χ4v) is 5.22. The summed E-state index contributed by atoms with van der Waals surface area (Å²) >= 11 is 0. The maximum Gasteiger partial charge on any atom is 0.499 e. The Morgan fingerprint density at radius 3 is 2.50 bits per heavy atom. The van der Waals surface area contributed by atoms with Gasteiger partial charge in [0.1, 0.15) is 11.3 Å². The molecular weight excluding hydrogens is 519 g/mol. The van der Waals surface area contributed by atoms with Crippen molar-refractivity contribution in [1.82, 2.24) is 20.6 Å². The van der Waals surface area contributed by atoms with Gasteiger partial charge in [-0.05, 0) is 24.3 Å². The molecule has 0 spiro atoms. The number of hydrogen-bond donors (Lipinski definition) is 2. The Bertz CT molecular complexity index is 1280. The quantitative estimate of drug-likeness (QED) is 0.370. The number of rotatable bonds is 12. The lowest BCUT2D eigenvalue weighted by Gasteiger charge is -2.46. The van der Waals surface area contributed by atoms with Crippen LogP contribution in [0, 0.1) is 5.92 Å². The number of Topliss-reactive ketones (excluding diaryl/α,β-unsaturated/α-hetero) is 1. The molecule has 12 nitrogen and oxygen atoms in total. The minimum atomic E-state index is -3.04. The molecular formula is C27H32BN4O8-. The van der Waals surface area contributed by atoms with E-state index in [4.69, 9.17) is 14.0 Å². The standard InChI is InChI=1S/C27H32BN4O8/c1-17(2)11-19(28-38-24(35)15-27(40-28,26(37)39-28)14-23(34)29-3)13-22(33)20(12-18-7-5-4-6-8-18)32-25(36)21-16-30-9-10-31-21/h4-10,16-17,19-20H,11-15H2,1-3H3,(H,29,34)(H,32,36)/q-1/t19?,20-,27+,28?/m0/s1. The van der Waals surface area contributed by atoms with Gasteiger partial charge in [-0.25, -0.2) is 4.98 Å². The van der Waals surface area contributed by atoms with Crippen LogP contribution in [0.2, 0.25) is 5.82 Å². The molecule has 2 amide bonds. The van der Waals surface area contributed by atoms with Gasteiger partial charge in [-0.2, -0.15) is 0 Å². The SMILES string of the molecule is CNC(=O)C[C@@]12CC(=O)O[B-](C(CC(=O)[C@H](Cc3ccccc3)NC(=O)c3cnccn3)CC(C)C)(OC1=O)O2. The van der Waals surface area contributed by atoms with Gasteiger partial charge in [0.15, 0.2) is 5.78 Å². The van der Waals surface area contributed by atoms with E-state index in [9.17, 15) is 24.0 Å². The number of aromatic nitrogens is 2. The van der Waals surface area contributed by atoms with Crippen LogP contribution in [-0.4, -0.2) is 64.9 Å². The van der Waals surface area contributed by atoms with Crippen molar-refractivity contribution in [3.63, 3.8) is 0 Å². The first-order valence-electron chi connectivity index (χ1n) is 13.2. The van der Waals surface area contributed by atoms with Crippen LogP contribution in [0.15, 0.2) is 48.9 Å². The highest BCUT2D eigenvalue weighted by Crippen LogP contribution is 2.48. The minimum Gasteiger partial charge on any atom is -0.633 e. The number of fused-ring (bicyclic) bond motifs is 2. The predicted octanol–water partition coefficient (Wildman–Crippen LogP) is 1.53. The third-order valence-electron chi connectivity index (χ3n) is 7.07. The van der Waals surface area contributed by atoms with E-state index in [0.29, 0.717) is 6.42 Å². The van der Waals surface area contributed by atoms with Crippen molar-refractivity contribution in [3.05, 3.63) is 60.2 Å². The van der Waals surface area contributed by atoms with Crippen molar-refractivity contribution >= 4 is 36.3 Å². The number of hydrogen-bond acceptors (Lipinski definition) is 10. The van der Waals surface area contributed by atoms with Crippen LogP contribution in [0.5, 0.6) is 0 Å². The van der Waals surface area contributed by atoms with Gasteiger partial charge >= 0.3 is 6.75 Å². The Labute approximate surface area is 231 Å². The molecule has 2 aliphatic rings. The maximum absolute atomic E-state index is 13.8. The smallest absolute Gasteiger partial charge is 0.499 e. The summed E-state index contributed by atoms with van der Waals surface area (Å²) in [4.78, 5) is 72.6. The largest absolute Gasteiger partial charge is 0.633 e. The van der Waals surface area contributed by atoms with Gasteiger partial charge in [0.25, 0.3) is 17.8 Å². The van der Waals surface area contributed by atoms with Crippen molar-refractivity contribution in [3.8, 4) is 0 Å².